The smallest absolute Gasteiger partial charge is 0.191 e. The molecular formula is C18H37IN6. The van der Waals surface area contributed by atoms with Crippen molar-refractivity contribution in [1.82, 2.24) is 25.4 Å². The Morgan fingerprint density at radius 3 is 2.48 bits per heavy atom. The molecule has 1 aromatic heterocycles. The molecule has 0 amide bonds. The SMILES string of the molecule is CCCCNC(=NCc1nnc(C)n1C)NC(C)CCC(C)(C)C.I. The Kier molecular flexibility index (Phi) is 11.3. The quantitative estimate of drug-likeness (QED) is 0.266. The molecule has 1 atom stereocenters. The number of aryl methyl sites for hydroxylation is 1. The van der Waals surface area contributed by atoms with Crippen LogP contribution in [0.4, 0.5) is 0 Å². The van der Waals surface area contributed by atoms with Gasteiger partial charge in [0.1, 0.15) is 12.4 Å². The maximum absolute atomic E-state index is 4.70. The number of guanidine groups is 1. The van der Waals surface area contributed by atoms with Gasteiger partial charge in [0.25, 0.3) is 0 Å². The summed E-state index contributed by atoms with van der Waals surface area (Å²) in [5.41, 5.74) is 0.360. The van der Waals surface area contributed by atoms with Crippen molar-refractivity contribution in [3.05, 3.63) is 11.6 Å². The zero-order chi connectivity index (χ0) is 18.2. The van der Waals surface area contributed by atoms with E-state index in [2.05, 4.69) is 55.4 Å². The van der Waals surface area contributed by atoms with Crippen molar-refractivity contribution in [1.29, 1.82) is 0 Å². The molecule has 0 saturated carbocycles. The van der Waals surface area contributed by atoms with Gasteiger partial charge in [-0.3, -0.25) is 0 Å². The zero-order valence-corrected chi connectivity index (χ0v) is 19.3. The molecule has 2 N–H and O–H groups in total. The number of hydrogen-bond acceptors (Lipinski definition) is 3. The van der Waals surface area contributed by atoms with Gasteiger partial charge in [0.2, 0.25) is 0 Å². The molecular weight excluding hydrogens is 427 g/mol. The van der Waals surface area contributed by atoms with Crippen molar-refractivity contribution >= 4 is 29.9 Å². The fourth-order valence-electron chi connectivity index (χ4n) is 2.23. The van der Waals surface area contributed by atoms with Crippen LogP contribution in [0.1, 0.15) is 72.0 Å². The van der Waals surface area contributed by atoms with Gasteiger partial charge in [-0.25, -0.2) is 4.99 Å². The number of aliphatic imine (C=N–C) groups is 1. The van der Waals surface area contributed by atoms with Gasteiger partial charge in [-0.2, -0.15) is 0 Å². The molecule has 1 unspecified atom stereocenters. The van der Waals surface area contributed by atoms with Gasteiger partial charge < -0.3 is 15.2 Å². The molecule has 1 aromatic rings. The predicted molar refractivity (Wildman–Crippen MR) is 116 cm³/mol. The Morgan fingerprint density at radius 1 is 1.28 bits per heavy atom. The van der Waals surface area contributed by atoms with Crippen LogP contribution in [0.25, 0.3) is 0 Å². The van der Waals surface area contributed by atoms with Gasteiger partial charge in [0.15, 0.2) is 11.8 Å². The van der Waals surface area contributed by atoms with E-state index in [0.717, 1.165) is 37.0 Å². The number of hydrogen-bond donors (Lipinski definition) is 2. The lowest BCUT2D eigenvalue weighted by molar-refractivity contribution is 0.346. The number of nitrogens with one attached hydrogen (secondary N) is 2. The average molecular weight is 464 g/mol. The van der Waals surface area contributed by atoms with Crippen LogP contribution in [0.3, 0.4) is 0 Å². The largest absolute Gasteiger partial charge is 0.356 e. The molecule has 6 nitrogen and oxygen atoms in total. The molecule has 0 spiro atoms. The average Bonchev–Trinajstić information content (AvgIpc) is 2.81. The molecule has 1 heterocycles. The first-order chi connectivity index (χ1) is 11.2. The van der Waals surface area contributed by atoms with Crippen LogP contribution in [0, 0.1) is 12.3 Å². The molecule has 7 heteroatoms. The molecule has 0 bridgehead atoms. The molecule has 0 fully saturated rings. The van der Waals surface area contributed by atoms with Crippen molar-refractivity contribution in [3.63, 3.8) is 0 Å². The maximum atomic E-state index is 4.70. The number of nitrogens with zero attached hydrogens (tertiary/aromatic N) is 4. The van der Waals surface area contributed by atoms with Gasteiger partial charge in [-0.1, -0.05) is 34.1 Å². The molecule has 0 aliphatic rings. The minimum Gasteiger partial charge on any atom is -0.356 e. The fraction of sp³-hybridized carbons (Fsp3) is 0.833. The van der Waals surface area contributed by atoms with E-state index in [9.17, 15) is 0 Å². The Hall–Kier alpha value is -0.860. The molecule has 0 aliphatic carbocycles. The van der Waals surface area contributed by atoms with Gasteiger partial charge in [0.05, 0.1) is 0 Å². The summed E-state index contributed by atoms with van der Waals surface area (Å²) in [6, 6.07) is 0.387. The summed E-state index contributed by atoms with van der Waals surface area (Å²) in [4.78, 5) is 4.70. The molecule has 0 aliphatic heterocycles. The van der Waals surface area contributed by atoms with Crippen LogP contribution in [0.2, 0.25) is 0 Å². The van der Waals surface area contributed by atoms with Gasteiger partial charge in [0, 0.05) is 19.6 Å². The third kappa shape index (κ3) is 10.0. The maximum Gasteiger partial charge on any atom is 0.191 e. The van der Waals surface area contributed by atoms with Crippen LogP contribution in [-0.2, 0) is 13.6 Å². The Balaban J connectivity index is 0.00000576. The van der Waals surface area contributed by atoms with Crippen LogP contribution < -0.4 is 10.6 Å². The highest BCUT2D eigenvalue weighted by Crippen LogP contribution is 2.21. The molecule has 0 aromatic carbocycles. The van der Waals surface area contributed by atoms with Crippen molar-refractivity contribution in [2.24, 2.45) is 17.5 Å². The molecule has 146 valence electrons. The monoisotopic (exact) mass is 464 g/mol. The highest BCUT2D eigenvalue weighted by molar-refractivity contribution is 14.0. The zero-order valence-electron chi connectivity index (χ0n) is 17.0. The normalized spacial score (nSPS) is 13.3. The Bertz CT molecular complexity index is 518. The Labute approximate surface area is 170 Å². The van der Waals surface area contributed by atoms with Gasteiger partial charge in [-0.05, 0) is 38.5 Å². The highest BCUT2D eigenvalue weighted by atomic mass is 127. The topological polar surface area (TPSA) is 67.1 Å². The van der Waals surface area contributed by atoms with Crippen LogP contribution >= 0.6 is 24.0 Å². The lowest BCUT2D eigenvalue weighted by atomic mass is 9.89. The fourth-order valence-corrected chi connectivity index (χ4v) is 2.23. The van der Waals surface area contributed by atoms with E-state index in [1.54, 1.807) is 0 Å². The molecule has 25 heavy (non-hydrogen) atoms. The van der Waals surface area contributed by atoms with E-state index in [4.69, 9.17) is 4.99 Å². The first kappa shape index (κ1) is 24.1. The van der Waals surface area contributed by atoms with Crippen molar-refractivity contribution in [2.45, 2.75) is 79.8 Å². The summed E-state index contributed by atoms with van der Waals surface area (Å²) in [6.45, 7) is 14.7. The van der Waals surface area contributed by atoms with E-state index >= 15 is 0 Å². The summed E-state index contributed by atoms with van der Waals surface area (Å²) < 4.78 is 1.98. The first-order valence-corrected chi connectivity index (χ1v) is 9.12. The third-order valence-electron chi connectivity index (χ3n) is 4.09. The number of rotatable bonds is 8. The number of aromatic nitrogens is 3. The summed E-state index contributed by atoms with van der Waals surface area (Å²) >= 11 is 0. The first-order valence-electron chi connectivity index (χ1n) is 9.12. The molecule has 0 radical (unpaired) electrons. The summed E-state index contributed by atoms with van der Waals surface area (Å²) in [6.07, 6.45) is 4.62. The minimum absolute atomic E-state index is 0. The van der Waals surface area contributed by atoms with E-state index in [1.807, 2.05) is 18.5 Å². The van der Waals surface area contributed by atoms with Crippen LogP contribution in [0.5, 0.6) is 0 Å². The predicted octanol–water partition coefficient (Wildman–Crippen LogP) is 3.79. The lowest BCUT2D eigenvalue weighted by Crippen LogP contribution is -2.43. The second-order valence-corrected chi connectivity index (χ2v) is 7.81. The highest BCUT2D eigenvalue weighted by Gasteiger charge is 2.13. The third-order valence-corrected chi connectivity index (χ3v) is 4.09. The molecule has 0 saturated heterocycles. The summed E-state index contributed by atoms with van der Waals surface area (Å²) in [7, 11) is 1.98. The minimum atomic E-state index is 0. The lowest BCUT2D eigenvalue weighted by Gasteiger charge is -2.23. The second-order valence-electron chi connectivity index (χ2n) is 7.81. The van der Waals surface area contributed by atoms with Gasteiger partial charge in [-0.15, -0.1) is 34.2 Å². The van der Waals surface area contributed by atoms with Crippen LogP contribution in [0.15, 0.2) is 4.99 Å². The van der Waals surface area contributed by atoms with Gasteiger partial charge >= 0.3 is 0 Å². The van der Waals surface area contributed by atoms with E-state index in [1.165, 1.54) is 12.8 Å². The number of unbranched alkanes of at least 4 members (excludes halogenated alkanes) is 1. The number of halogens is 1. The molecule has 1 rings (SSSR count). The summed E-state index contributed by atoms with van der Waals surface area (Å²) in [5, 5.41) is 15.2. The van der Waals surface area contributed by atoms with Crippen molar-refractivity contribution in [2.75, 3.05) is 6.54 Å². The van der Waals surface area contributed by atoms with Crippen LogP contribution in [-0.4, -0.2) is 33.3 Å². The standard InChI is InChI=1S/C18H36N6.HI/c1-8-9-12-19-17(21-14(2)10-11-18(4,5)6)20-13-16-23-22-15(3)24(16)7;/h14H,8-13H2,1-7H3,(H2,19,20,21);1H. The second kappa shape index (κ2) is 11.7. The van der Waals surface area contributed by atoms with E-state index in [0.29, 0.717) is 18.0 Å². The van der Waals surface area contributed by atoms with Crippen molar-refractivity contribution < 1.29 is 0 Å². The summed E-state index contributed by atoms with van der Waals surface area (Å²) in [5.74, 6) is 2.66. The Morgan fingerprint density at radius 2 is 1.96 bits per heavy atom. The van der Waals surface area contributed by atoms with E-state index in [-0.39, 0.29) is 24.0 Å². The van der Waals surface area contributed by atoms with E-state index < -0.39 is 0 Å². The van der Waals surface area contributed by atoms with Crippen molar-refractivity contribution in [3.8, 4) is 0 Å².